The number of hydrogen-bond acceptors (Lipinski definition) is 4. The summed E-state index contributed by atoms with van der Waals surface area (Å²) in [6, 6.07) is 9.94. The maximum atomic E-state index is 13.4. The molecule has 0 radical (unpaired) electrons. The fraction of sp³-hybridized carbons (Fsp3) is 0.429. The van der Waals surface area contributed by atoms with Crippen LogP contribution in [0.25, 0.3) is 0 Å². The van der Waals surface area contributed by atoms with Gasteiger partial charge in [-0.3, -0.25) is 14.3 Å². The molecular formula is C21H21F2N5O2. The summed E-state index contributed by atoms with van der Waals surface area (Å²) < 4.78 is 28.5. The Kier molecular flexibility index (Phi) is 5.24. The van der Waals surface area contributed by atoms with E-state index in [2.05, 4.69) is 5.10 Å². The van der Waals surface area contributed by atoms with Gasteiger partial charge < -0.3 is 9.80 Å². The number of piperidine rings is 1. The molecule has 0 aliphatic carbocycles. The quantitative estimate of drug-likeness (QED) is 0.775. The molecule has 0 bridgehead atoms. The van der Waals surface area contributed by atoms with Gasteiger partial charge in [-0.25, -0.2) is 8.78 Å². The van der Waals surface area contributed by atoms with Crippen LogP contribution >= 0.6 is 0 Å². The number of hydrogen-bond donors (Lipinski definition) is 0. The number of carbonyl (C=O) groups is 2. The highest BCUT2D eigenvalue weighted by Crippen LogP contribution is 2.30. The summed E-state index contributed by atoms with van der Waals surface area (Å²) in [5.74, 6) is -3.15. The average Bonchev–Trinajstić information content (AvgIpc) is 3.22. The molecule has 1 saturated heterocycles. The van der Waals surface area contributed by atoms with Gasteiger partial charge in [0.15, 0.2) is 0 Å². The topological polar surface area (TPSA) is 82.2 Å². The second-order valence-corrected chi connectivity index (χ2v) is 7.74. The van der Waals surface area contributed by atoms with Gasteiger partial charge in [0.2, 0.25) is 5.91 Å². The Morgan fingerprint density at radius 2 is 1.97 bits per heavy atom. The fourth-order valence-electron chi connectivity index (χ4n) is 4.01. The van der Waals surface area contributed by atoms with Crippen LogP contribution in [0.4, 0.5) is 8.78 Å². The number of nitrogens with zero attached hydrogens (tertiary/aromatic N) is 5. The van der Waals surface area contributed by atoms with Crippen LogP contribution in [-0.2, 0) is 11.3 Å². The van der Waals surface area contributed by atoms with Crippen LogP contribution in [0.15, 0.2) is 36.5 Å². The van der Waals surface area contributed by atoms with E-state index < -0.39 is 5.92 Å². The van der Waals surface area contributed by atoms with Crippen molar-refractivity contribution in [1.82, 2.24) is 19.6 Å². The number of halogens is 2. The number of amides is 2. The number of alkyl halides is 2. The van der Waals surface area contributed by atoms with Crippen molar-refractivity contribution in [1.29, 1.82) is 5.26 Å². The van der Waals surface area contributed by atoms with E-state index in [0.717, 1.165) is 5.69 Å². The normalized spacial score (nSPS) is 20.4. The van der Waals surface area contributed by atoms with Crippen molar-refractivity contribution < 1.29 is 18.4 Å². The van der Waals surface area contributed by atoms with Crippen molar-refractivity contribution >= 4 is 11.8 Å². The maximum Gasteiger partial charge on any atom is 0.254 e. The van der Waals surface area contributed by atoms with Crippen molar-refractivity contribution in [2.24, 2.45) is 0 Å². The van der Waals surface area contributed by atoms with Gasteiger partial charge in [-0.15, -0.1) is 0 Å². The molecule has 0 unspecified atom stereocenters. The molecule has 7 nitrogen and oxygen atoms in total. The standard InChI is InChI=1S/C21H21F2N5O2/c22-21(23)5-8-26(9-6-21)19(29)11-18-14-27(13-17-4-7-25-28(17)18)20(30)16-3-1-2-15(10-16)12-24/h1-4,7,10,18H,5-6,8-9,11,13-14H2/t18-/m0/s1. The van der Waals surface area contributed by atoms with E-state index in [1.165, 1.54) is 4.90 Å². The van der Waals surface area contributed by atoms with Gasteiger partial charge in [0, 0.05) is 44.2 Å². The molecule has 2 amide bonds. The summed E-state index contributed by atoms with van der Waals surface area (Å²) in [5, 5.41) is 13.4. The second kappa shape index (κ2) is 7.86. The lowest BCUT2D eigenvalue weighted by atomic mass is 10.0. The number of nitriles is 1. The molecule has 1 aromatic heterocycles. The Hall–Kier alpha value is -3.28. The number of aromatic nitrogens is 2. The first-order chi connectivity index (χ1) is 14.4. The van der Waals surface area contributed by atoms with Crippen molar-refractivity contribution in [2.45, 2.75) is 37.8 Å². The molecule has 0 spiro atoms. The summed E-state index contributed by atoms with van der Waals surface area (Å²) in [4.78, 5) is 28.9. The van der Waals surface area contributed by atoms with E-state index in [1.807, 2.05) is 6.07 Å². The number of likely N-dealkylation sites (tertiary alicyclic amines) is 1. The molecule has 4 rings (SSSR count). The Morgan fingerprint density at radius 1 is 1.20 bits per heavy atom. The lowest BCUT2D eigenvalue weighted by Crippen LogP contribution is -2.46. The summed E-state index contributed by atoms with van der Waals surface area (Å²) >= 11 is 0. The van der Waals surface area contributed by atoms with E-state index in [1.54, 1.807) is 46.1 Å². The summed E-state index contributed by atoms with van der Waals surface area (Å²) in [5.41, 5.74) is 1.61. The number of carbonyl (C=O) groups excluding carboxylic acids is 2. The van der Waals surface area contributed by atoms with E-state index in [0.29, 0.717) is 17.7 Å². The van der Waals surface area contributed by atoms with Crippen LogP contribution in [0.5, 0.6) is 0 Å². The van der Waals surface area contributed by atoms with Crippen molar-refractivity contribution in [3.05, 3.63) is 53.3 Å². The van der Waals surface area contributed by atoms with Crippen LogP contribution < -0.4 is 0 Å². The zero-order valence-corrected chi connectivity index (χ0v) is 16.3. The summed E-state index contributed by atoms with van der Waals surface area (Å²) in [6.07, 6.45) is 1.06. The van der Waals surface area contributed by atoms with Crippen LogP contribution in [0.2, 0.25) is 0 Å². The SMILES string of the molecule is N#Cc1cccc(C(=O)N2Cc3ccnn3[C@@H](CC(=O)N3CCC(F)(F)CC3)C2)c1. The summed E-state index contributed by atoms with van der Waals surface area (Å²) in [6.45, 7) is 0.693. The number of fused-ring (bicyclic) bond motifs is 1. The Morgan fingerprint density at radius 3 is 2.70 bits per heavy atom. The predicted octanol–water partition coefficient (Wildman–Crippen LogP) is 2.60. The number of benzene rings is 1. The lowest BCUT2D eigenvalue weighted by molar-refractivity contribution is -0.138. The first-order valence-electron chi connectivity index (χ1n) is 9.84. The van der Waals surface area contributed by atoms with Gasteiger partial charge in [0.05, 0.1) is 36.3 Å². The third-order valence-corrected chi connectivity index (χ3v) is 5.67. The number of rotatable bonds is 3. The van der Waals surface area contributed by atoms with Gasteiger partial charge >= 0.3 is 0 Å². The summed E-state index contributed by atoms with van der Waals surface area (Å²) in [7, 11) is 0. The van der Waals surface area contributed by atoms with Crippen LogP contribution in [-0.4, -0.2) is 57.0 Å². The molecule has 2 aliphatic heterocycles. The van der Waals surface area contributed by atoms with Gasteiger partial charge in [0.25, 0.3) is 11.8 Å². The minimum absolute atomic E-state index is 0.0358. The third kappa shape index (κ3) is 4.03. The van der Waals surface area contributed by atoms with E-state index in [4.69, 9.17) is 5.26 Å². The zero-order chi connectivity index (χ0) is 21.3. The largest absolute Gasteiger partial charge is 0.342 e. The highest BCUT2D eigenvalue weighted by molar-refractivity contribution is 5.94. The second-order valence-electron chi connectivity index (χ2n) is 7.74. The minimum atomic E-state index is -2.71. The molecule has 1 fully saturated rings. The van der Waals surface area contributed by atoms with Gasteiger partial charge in [-0.2, -0.15) is 10.4 Å². The van der Waals surface area contributed by atoms with Crippen molar-refractivity contribution in [2.75, 3.05) is 19.6 Å². The highest BCUT2D eigenvalue weighted by atomic mass is 19.3. The van der Waals surface area contributed by atoms with E-state index in [-0.39, 0.29) is 56.8 Å². The fourth-order valence-corrected chi connectivity index (χ4v) is 4.01. The first-order valence-corrected chi connectivity index (χ1v) is 9.84. The zero-order valence-electron chi connectivity index (χ0n) is 16.3. The maximum absolute atomic E-state index is 13.4. The van der Waals surface area contributed by atoms with Crippen LogP contribution in [0.3, 0.4) is 0 Å². The monoisotopic (exact) mass is 413 g/mol. The minimum Gasteiger partial charge on any atom is -0.342 e. The van der Waals surface area contributed by atoms with Crippen LogP contribution in [0.1, 0.15) is 46.9 Å². The Balaban J connectivity index is 1.49. The van der Waals surface area contributed by atoms with E-state index in [9.17, 15) is 18.4 Å². The van der Waals surface area contributed by atoms with Crippen LogP contribution in [0, 0.1) is 11.3 Å². The molecular weight excluding hydrogens is 392 g/mol. The Bertz CT molecular complexity index is 1000. The molecule has 1 aromatic carbocycles. The average molecular weight is 413 g/mol. The van der Waals surface area contributed by atoms with Crippen molar-refractivity contribution in [3.63, 3.8) is 0 Å². The molecule has 2 aromatic rings. The molecule has 2 aliphatic rings. The van der Waals surface area contributed by atoms with Gasteiger partial charge in [-0.1, -0.05) is 6.07 Å². The van der Waals surface area contributed by atoms with E-state index >= 15 is 0 Å². The smallest absolute Gasteiger partial charge is 0.254 e. The van der Waals surface area contributed by atoms with Crippen molar-refractivity contribution in [3.8, 4) is 6.07 Å². The molecule has 0 saturated carbocycles. The molecule has 3 heterocycles. The lowest BCUT2D eigenvalue weighted by Gasteiger charge is -2.36. The third-order valence-electron chi connectivity index (χ3n) is 5.67. The Labute approximate surface area is 172 Å². The molecule has 30 heavy (non-hydrogen) atoms. The van der Waals surface area contributed by atoms with Gasteiger partial charge in [-0.05, 0) is 24.3 Å². The molecule has 1 atom stereocenters. The first kappa shape index (κ1) is 20.0. The molecule has 0 N–H and O–H groups in total. The predicted molar refractivity (Wildman–Crippen MR) is 103 cm³/mol. The van der Waals surface area contributed by atoms with Gasteiger partial charge in [0.1, 0.15) is 0 Å². The highest BCUT2D eigenvalue weighted by Gasteiger charge is 2.37. The molecule has 9 heteroatoms. The molecule has 156 valence electrons.